The molecule has 0 bridgehead atoms. The number of nitrogens with one attached hydrogen (secondary N) is 1. The highest BCUT2D eigenvalue weighted by molar-refractivity contribution is 5.71. The molecule has 0 aromatic carbocycles. The van der Waals surface area contributed by atoms with E-state index < -0.39 is 0 Å². The Morgan fingerprint density at radius 3 is 2.79 bits per heavy atom. The molecule has 4 nitrogen and oxygen atoms in total. The SMILES string of the molecule is CCCn1c(CCNC(C)(C)C)nc2cccnc21. The van der Waals surface area contributed by atoms with Crippen molar-refractivity contribution < 1.29 is 0 Å². The minimum atomic E-state index is 0.153. The number of aromatic nitrogens is 3. The van der Waals surface area contributed by atoms with E-state index in [0.29, 0.717) is 0 Å². The van der Waals surface area contributed by atoms with E-state index in [9.17, 15) is 0 Å². The van der Waals surface area contributed by atoms with Gasteiger partial charge in [-0.2, -0.15) is 0 Å². The van der Waals surface area contributed by atoms with Crippen molar-refractivity contribution in [1.29, 1.82) is 0 Å². The first kappa shape index (κ1) is 14.0. The van der Waals surface area contributed by atoms with E-state index >= 15 is 0 Å². The average Bonchev–Trinajstić information content (AvgIpc) is 2.67. The fourth-order valence-corrected chi connectivity index (χ4v) is 2.20. The molecule has 104 valence electrons. The van der Waals surface area contributed by atoms with Crippen LogP contribution in [0.1, 0.15) is 39.9 Å². The standard InChI is InChI=1S/C15H24N4/c1-5-11-19-13(8-10-17-15(2,3)4)18-12-7-6-9-16-14(12)19/h6-7,9,17H,5,8,10-11H2,1-4H3. The Hall–Kier alpha value is -1.42. The molecule has 0 fully saturated rings. The van der Waals surface area contributed by atoms with Gasteiger partial charge in [0.1, 0.15) is 11.3 Å². The molecule has 0 unspecified atom stereocenters. The largest absolute Gasteiger partial charge is 0.313 e. The normalized spacial score (nSPS) is 12.2. The fourth-order valence-electron chi connectivity index (χ4n) is 2.20. The Bertz CT molecular complexity index is 537. The zero-order chi connectivity index (χ0) is 13.9. The van der Waals surface area contributed by atoms with Crippen molar-refractivity contribution >= 4 is 11.2 Å². The van der Waals surface area contributed by atoms with E-state index in [-0.39, 0.29) is 5.54 Å². The number of imidazole rings is 1. The zero-order valence-electron chi connectivity index (χ0n) is 12.4. The van der Waals surface area contributed by atoms with Gasteiger partial charge in [0.05, 0.1) is 0 Å². The van der Waals surface area contributed by atoms with Gasteiger partial charge >= 0.3 is 0 Å². The molecule has 2 aromatic rings. The van der Waals surface area contributed by atoms with E-state index in [1.807, 2.05) is 18.3 Å². The lowest BCUT2D eigenvalue weighted by molar-refractivity contribution is 0.425. The van der Waals surface area contributed by atoms with Gasteiger partial charge in [-0.3, -0.25) is 0 Å². The van der Waals surface area contributed by atoms with Crippen LogP contribution in [0.15, 0.2) is 18.3 Å². The summed E-state index contributed by atoms with van der Waals surface area (Å²) in [5.41, 5.74) is 2.16. The summed E-state index contributed by atoms with van der Waals surface area (Å²) in [4.78, 5) is 9.17. The van der Waals surface area contributed by atoms with Crippen molar-refractivity contribution in [2.45, 2.75) is 52.6 Å². The fraction of sp³-hybridized carbons (Fsp3) is 0.600. The van der Waals surface area contributed by atoms with Crippen LogP contribution in [0.2, 0.25) is 0 Å². The molecule has 2 rings (SSSR count). The quantitative estimate of drug-likeness (QED) is 0.899. The van der Waals surface area contributed by atoms with Crippen LogP contribution in [0.3, 0.4) is 0 Å². The number of nitrogens with zero attached hydrogens (tertiary/aromatic N) is 3. The van der Waals surface area contributed by atoms with Crippen molar-refractivity contribution in [3.63, 3.8) is 0 Å². The number of aryl methyl sites for hydroxylation is 1. The van der Waals surface area contributed by atoms with Crippen molar-refractivity contribution in [2.75, 3.05) is 6.54 Å². The Balaban J connectivity index is 2.19. The first-order valence-electron chi connectivity index (χ1n) is 7.06. The molecule has 2 aromatic heterocycles. The van der Waals surface area contributed by atoms with Gasteiger partial charge in [-0.25, -0.2) is 9.97 Å². The van der Waals surface area contributed by atoms with Gasteiger partial charge in [-0.05, 0) is 39.3 Å². The summed E-state index contributed by atoms with van der Waals surface area (Å²) in [5, 5.41) is 3.51. The molecule has 0 amide bonds. The summed E-state index contributed by atoms with van der Waals surface area (Å²) in [7, 11) is 0. The molecule has 0 radical (unpaired) electrons. The molecule has 19 heavy (non-hydrogen) atoms. The first-order valence-corrected chi connectivity index (χ1v) is 7.06. The van der Waals surface area contributed by atoms with Crippen LogP contribution in [0.4, 0.5) is 0 Å². The van der Waals surface area contributed by atoms with Crippen LogP contribution < -0.4 is 5.32 Å². The van der Waals surface area contributed by atoms with Gasteiger partial charge in [0.25, 0.3) is 0 Å². The van der Waals surface area contributed by atoms with E-state index in [1.54, 1.807) is 0 Å². The topological polar surface area (TPSA) is 42.7 Å². The molecule has 0 aliphatic heterocycles. The summed E-state index contributed by atoms with van der Waals surface area (Å²) >= 11 is 0. The predicted octanol–water partition coefficient (Wildman–Crippen LogP) is 2.77. The number of hydrogen-bond donors (Lipinski definition) is 1. The second-order valence-electron chi connectivity index (χ2n) is 5.95. The Kier molecular flexibility index (Phi) is 4.20. The maximum atomic E-state index is 4.71. The third-order valence-corrected chi connectivity index (χ3v) is 3.03. The number of pyridine rings is 1. The lowest BCUT2D eigenvalue weighted by atomic mass is 10.1. The Morgan fingerprint density at radius 1 is 1.32 bits per heavy atom. The van der Waals surface area contributed by atoms with Crippen LogP contribution >= 0.6 is 0 Å². The summed E-state index contributed by atoms with van der Waals surface area (Å²) < 4.78 is 2.25. The van der Waals surface area contributed by atoms with Crippen molar-refractivity contribution in [3.05, 3.63) is 24.2 Å². The van der Waals surface area contributed by atoms with E-state index in [1.165, 1.54) is 0 Å². The maximum absolute atomic E-state index is 4.71. The Labute approximate surface area is 115 Å². The molecular weight excluding hydrogens is 236 g/mol. The van der Waals surface area contributed by atoms with E-state index in [2.05, 4.69) is 42.6 Å². The first-order chi connectivity index (χ1) is 9.01. The van der Waals surface area contributed by atoms with Crippen LogP contribution in [0.5, 0.6) is 0 Å². The van der Waals surface area contributed by atoms with Gasteiger partial charge in [-0.15, -0.1) is 0 Å². The summed E-state index contributed by atoms with van der Waals surface area (Å²) in [6.45, 7) is 10.7. The maximum Gasteiger partial charge on any atom is 0.159 e. The van der Waals surface area contributed by atoms with Crippen LogP contribution in [-0.4, -0.2) is 26.6 Å². The monoisotopic (exact) mass is 260 g/mol. The molecule has 0 spiro atoms. The van der Waals surface area contributed by atoms with E-state index in [4.69, 9.17) is 4.98 Å². The molecule has 0 aliphatic rings. The summed E-state index contributed by atoms with van der Waals surface area (Å²) in [6.07, 6.45) is 3.88. The summed E-state index contributed by atoms with van der Waals surface area (Å²) in [6, 6.07) is 3.98. The zero-order valence-corrected chi connectivity index (χ0v) is 12.4. The van der Waals surface area contributed by atoms with Crippen molar-refractivity contribution in [3.8, 4) is 0 Å². The van der Waals surface area contributed by atoms with Crippen LogP contribution in [0, 0.1) is 0 Å². The van der Waals surface area contributed by atoms with Gasteiger partial charge in [0, 0.05) is 31.2 Å². The molecule has 4 heteroatoms. The number of hydrogen-bond acceptors (Lipinski definition) is 3. The highest BCUT2D eigenvalue weighted by Gasteiger charge is 2.12. The van der Waals surface area contributed by atoms with Crippen LogP contribution in [-0.2, 0) is 13.0 Å². The molecule has 0 atom stereocenters. The smallest absolute Gasteiger partial charge is 0.159 e. The highest BCUT2D eigenvalue weighted by atomic mass is 15.1. The third kappa shape index (κ3) is 3.53. The minimum absolute atomic E-state index is 0.153. The molecule has 0 aliphatic carbocycles. The van der Waals surface area contributed by atoms with Gasteiger partial charge in [0.2, 0.25) is 0 Å². The summed E-state index contributed by atoms with van der Waals surface area (Å²) in [5.74, 6) is 1.13. The van der Waals surface area contributed by atoms with Gasteiger partial charge in [0.15, 0.2) is 5.65 Å². The molecular formula is C15H24N4. The number of fused-ring (bicyclic) bond motifs is 1. The molecule has 0 saturated carbocycles. The number of rotatable bonds is 5. The molecule has 1 N–H and O–H groups in total. The highest BCUT2D eigenvalue weighted by Crippen LogP contribution is 2.14. The Morgan fingerprint density at radius 2 is 2.11 bits per heavy atom. The van der Waals surface area contributed by atoms with Crippen molar-refractivity contribution in [1.82, 2.24) is 19.9 Å². The third-order valence-electron chi connectivity index (χ3n) is 3.03. The van der Waals surface area contributed by atoms with Gasteiger partial charge < -0.3 is 9.88 Å². The van der Waals surface area contributed by atoms with Gasteiger partial charge in [-0.1, -0.05) is 6.92 Å². The van der Waals surface area contributed by atoms with E-state index in [0.717, 1.165) is 42.9 Å². The molecule has 0 saturated heterocycles. The minimum Gasteiger partial charge on any atom is -0.313 e. The predicted molar refractivity (Wildman–Crippen MR) is 79.3 cm³/mol. The second kappa shape index (κ2) is 5.70. The molecule has 2 heterocycles. The average molecular weight is 260 g/mol. The van der Waals surface area contributed by atoms with Crippen molar-refractivity contribution in [2.24, 2.45) is 0 Å². The second-order valence-corrected chi connectivity index (χ2v) is 5.95. The lowest BCUT2D eigenvalue weighted by Gasteiger charge is -2.20. The van der Waals surface area contributed by atoms with Crippen LogP contribution in [0.25, 0.3) is 11.2 Å². The lowest BCUT2D eigenvalue weighted by Crippen LogP contribution is -2.37.